The molecule has 4 N–H and O–H groups in total. The molecular formula is C30H39N5O5. The van der Waals surface area contributed by atoms with Gasteiger partial charge in [0.25, 0.3) is 5.91 Å². The van der Waals surface area contributed by atoms with Gasteiger partial charge in [-0.15, -0.1) is 0 Å². The van der Waals surface area contributed by atoms with Crippen LogP contribution in [0.3, 0.4) is 0 Å². The first-order chi connectivity index (χ1) is 19.5. The Balaban J connectivity index is 1.29. The number of likely N-dealkylation sites (tertiary alicyclic amines) is 1. The minimum absolute atomic E-state index is 0.0639. The number of piperidine rings is 1. The van der Waals surface area contributed by atoms with Gasteiger partial charge in [-0.1, -0.05) is 6.07 Å². The van der Waals surface area contributed by atoms with Crippen LogP contribution in [0.2, 0.25) is 0 Å². The summed E-state index contributed by atoms with van der Waals surface area (Å²) in [5, 5.41) is 20.3. The zero-order valence-electron chi connectivity index (χ0n) is 22.8. The number of ether oxygens (including phenoxy) is 2. The molecule has 3 fully saturated rings. The molecule has 4 aliphatic heterocycles. The fourth-order valence-corrected chi connectivity index (χ4v) is 6.55. The summed E-state index contributed by atoms with van der Waals surface area (Å²) < 4.78 is 12.5. The molecule has 40 heavy (non-hydrogen) atoms. The van der Waals surface area contributed by atoms with Gasteiger partial charge in [-0.2, -0.15) is 0 Å². The maximum Gasteiger partial charge on any atom is 0.255 e. The summed E-state index contributed by atoms with van der Waals surface area (Å²) in [5.41, 5.74) is 2.41. The lowest BCUT2D eigenvalue weighted by Crippen LogP contribution is -2.53. The number of nitrogens with zero attached hydrogens (tertiary/aromatic N) is 2. The Bertz CT molecular complexity index is 1190. The Kier molecular flexibility index (Phi) is 8.29. The summed E-state index contributed by atoms with van der Waals surface area (Å²) in [6.07, 6.45) is 6.73. The standard InChI is InChI=1S/C30H39N5O5/c36-26-4-2-23-9-14-39-27-15-20(19-5-10-31-11-6-19)1-3-24(27)29(37)34-21-16-25(30(38)33-17-28(26)40-23)35(18-21)22-7-12-32-13-8-22/h1,3,5-6,10-11,15,21-23,25-26,28,32,36H,2,4,7-9,12-14,16-18H2,(H,33,38)(H,34,37)/t21-,23-,25-,26-,28+/m0/s1. The fraction of sp³-hybridized carbons (Fsp3) is 0.567. The zero-order chi connectivity index (χ0) is 27.5. The largest absolute Gasteiger partial charge is 0.493 e. The normalized spacial score (nSPS) is 30.6. The molecule has 5 atom stereocenters. The van der Waals surface area contributed by atoms with E-state index in [9.17, 15) is 14.7 Å². The van der Waals surface area contributed by atoms with Crippen LogP contribution in [-0.4, -0.2) is 96.0 Å². The number of nitrogens with one attached hydrogen (secondary N) is 3. The van der Waals surface area contributed by atoms with E-state index in [0.29, 0.717) is 50.1 Å². The van der Waals surface area contributed by atoms with Gasteiger partial charge in [0.2, 0.25) is 5.91 Å². The third-order valence-electron chi connectivity index (χ3n) is 8.75. The molecule has 2 amide bonds. The molecule has 10 heteroatoms. The Hall–Kier alpha value is -3.05. The van der Waals surface area contributed by atoms with Crippen molar-refractivity contribution in [2.24, 2.45) is 0 Å². The van der Waals surface area contributed by atoms with Gasteiger partial charge in [-0.05, 0) is 80.6 Å². The Labute approximate surface area is 234 Å². The molecule has 214 valence electrons. The van der Waals surface area contributed by atoms with Crippen LogP contribution in [0, 0.1) is 0 Å². The maximum atomic E-state index is 13.6. The van der Waals surface area contributed by atoms with Crippen LogP contribution >= 0.6 is 0 Å². The summed E-state index contributed by atoms with van der Waals surface area (Å²) in [4.78, 5) is 33.5. The number of aliphatic hydroxyl groups excluding tert-OH is 1. The van der Waals surface area contributed by atoms with Gasteiger partial charge in [0.15, 0.2) is 0 Å². The topological polar surface area (TPSA) is 125 Å². The highest BCUT2D eigenvalue weighted by molar-refractivity contribution is 5.98. The van der Waals surface area contributed by atoms with E-state index in [1.54, 1.807) is 12.4 Å². The number of carbonyl (C=O) groups is 2. The second-order valence-electron chi connectivity index (χ2n) is 11.4. The lowest BCUT2D eigenvalue weighted by molar-refractivity contribution is -0.134. The molecule has 3 saturated heterocycles. The molecule has 0 aliphatic carbocycles. The Morgan fingerprint density at radius 1 is 0.975 bits per heavy atom. The number of hydrogen-bond donors (Lipinski definition) is 4. The molecule has 0 spiro atoms. The molecular weight excluding hydrogens is 510 g/mol. The van der Waals surface area contributed by atoms with Crippen molar-refractivity contribution >= 4 is 11.8 Å². The smallest absolute Gasteiger partial charge is 0.255 e. The number of carbonyl (C=O) groups excluding carboxylic acids is 2. The van der Waals surface area contributed by atoms with E-state index in [0.717, 1.165) is 37.1 Å². The van der Waals surface area contributed by atoms with Crippen molar-refractivity contribution in [1.82, 2.24) is 25.8 Å². The van der Waals surface area contributed by atoms with Crippen LogP contribution in [0.4, 0.5) is 0 Å². The Morgan fingerprint density at radius 2 is 1.80 bits per heavy atom. The predicted octanol–water partition coefficient (Wildman–Crippen LogP) is 1.48. The fourth-order valence-electron chi connectivity index (χ4n) is 6.55. The van der Waals surface area contributed by atoms with E-state index in [4.69, 9.17) is 9.47 Å². The van der Waals surface area contributed by atoms with Crippen LogP contribution in [0.25, 0.3) is 11.1 Å². The molecule has 5 heterocycles. The quantitative estimate of drug-likeness (QED) is 0.444. The summed E-state index contributed by atoms with van der Waals surface area (Å²) in [5.74, 6) is 0.261. The van der Waals surface area contributed by atoms with Crippen LogP contribution in [0.1, 0.15) is 48.9 Å². The van der Waals surface area contributed by atoms with Crippen LogP contribution < -0.4 is 20.7 Å². The first-order valence-corrected chi connectivity index (χ1v) is 14.6. The maximum absolute atomic E-state index is 13.6. The van der Waals surface area contributed by atoms with Crippen molar-refractivity contribution in [2.45, 2.75) is 75.0 Å². The molecule has 10 nitrogen and oxygen atoms in total. The van der Waals surface area contributed by atoms with Gasteiger partial charge < -0.3 is 30.5 Å². The minimum atomic E-state index is -0.615. The number of amides is 2. The van der Waals surface area contributed by atoms with E-state index in [1.165, 1.54) is 0 Å². The number of pyridine rings is 1. The van der Waals surface area contributed by atoms with Crippen molar-refractivity contribution in [3.63, 3.8) is 0 Å². The third-order valence-corrected chi connectivity index (χ3v) is 8.75. The second-order valence-corrected chi connectivity index (χ2v) is 11.4. The summed E-state index contributed by atoms with van der Waals surface area (Å²) in [6.45, 7) is 3.09. The van der Waals surface area contributed by atoms with Crippen LogP contribution in [-0.2, 0) is 9.53 Å². The molecule has 2 aromatic rings. The van der Waals surface area contributed by atoms with Gasteiger partial charge in [0, 0.05) is 44.0 Å². The number of rotatable bonds is 2. The van der Waals surface area contributed by atoms with Gasteiger partial charge in [0.1, 0.15) is 11.9 Å². The molecule has 0 saturated carbocycles. The lowest BCUT2D eigenvalue weighted by Gasteiger charge is -2.36. The van der Waals surface area contributed by atoms with E-state index in [2.05, 4.69) is 25.8 Å². The lowest BCUT2D eigenvalue weighted by atomic mass is 9.99. The van der Waals surface area contributed by atoms with E-state index < -0.39 is 12.2 Å². The second kappa shape index (κ2) is 12.2. The van der Waals surface area contributed by atoms with Crippen molar-refractivity contribution in [1.29, 1.82) is 0 Å². The highest BCUT2D eigenvalue weighted by atomic mass is 16.5. The van der Waals surface area contributed by atoms with E-state index in [-0.39, 0.29) is 42.6 Å². The number of fused-ring (bicyclic) bond motifs is 5. The number of hydrogen-bond acceptors (Lipinski definition) is 8. The average molecular weight is 550 g/mol. The summed E-state index contributed by atoms with van der Waals surface area (Å²) in [7, 11) is 0. The SMILES string of the molecule is O=C1N[C@H]2C[C@@H](C(=O)NC[C@H]3O[C@H](CCOc4cc(-c5ccncc5)ccc41)CC[C@@H]3O)N(C1CCNCC1)C2. The highest BCUT2D eigenvalue weighted by Gasteiger charge is 2.42. The van der Waals surface area contributed by atoms with Gasteiger partial charge in [0.05, 0.1) is 30.4 Å². The van der Waals surface area contributed by atoms with Crippen LogP contribution in [0.15, 0.2) is 42.7 Å². The van der Waals surface area contributed by atoms with E-state index in [1.807, 2.05) is 30.3 Å². The summed E-state index contributed by atoms with van der Waals surface area (Å²) >= 11 is 0. The van der Waals surface area contributed by atoms with Gasteiger partial charge >= 0.3 is 0 Å². The minimum Gasteiger partial charge on any atom is -0.493 e. The van der Waals surface area contributed by atoms with Crippen molar-refractivity contribution in [3.05, 3.63) is 48.3 Å². The van der Waals surface area contributed by atoms with Crippen LogP contribution in [0.5, 0.6) is 5.75 Å². The van der Waals surface area contributed by atoms with Gasteiger partial charge in [-0.3, -0.25) is 19.5 Å². The molecule has 6 rings (SSSR count). The van der Waals surface area contributed by atoms with Crippen molar-refractivity contribution in [3.8, 4) is 16.9 Å². The molecule has 0 unspecified atom stereocenters. The zero-order valence-corrected chi connectivity index (χ0v) is 22.8. The first-order valence-electron chi connectivity index (χ1n) is 14.6. The first kappa shape index (κ1) is 27.1. The number of benzene rings is 1. The van der Waals surface area contributed by atoms with Crippen molar-refractivity contribution < 1.29 is 24.2 Å². The number of aliphatic hydroxyl groups is 1. The Morgan fingerprint density at radius 3 is 2.62 bits per heavy atom. The predicted molar refractivity (Wildman–Crippen MR) is 149 cm³/mol. The summed E-state index contributed by atoms with van der Waals surface area (Å²) in [6, 6.07) is 9.28. The monoisotopic (exact) mass is 549 g/mol. The molecule has 4 bridgehead atoms. The third kappa shape index (κ3) is 6.00. The van der Waals surface area contributed by atoms with Crippen molar-refractivity contribution in [2.75, 3.05) is 32.8 Å². The molecule has 1 aromatic carbocycles. The average Bonchev–Trinajstić information content (AvgIpc) is 3.41. The number of aromatic nitrogens is 1. The van der Waals surface area contributed by atoms with E-state index >= 15 is 0 Å². The highest BCUT2D eigenvalue weighted by Crippen LogP contribution is 2.30. The van der Waals surface area contributed by atoms with Gasteiger partial charge in [-0.25, -0.2) is 0 Å². The molecule has 0 radical (unpaired) electrons. The molecule has 4 aliphatic rings. The molecule has 1 aromatic heterocycles.